The van der Waals surface area contributed by atoms with Crippen molar-refractivity contribution in [2.75, 3.05) is 6.54 Å². The first-order valence-corrected chi connectivity index (χ1v) is 6.35. The third kappa shape index (κ3) is 3.12. The highest BCUT2D eigenvalue weighted by molar-refractivity contribution is 5.71. The van der Waals surface area contributed by atoms with Gasteiger partial charge < -0.3 is 9.47 Å². The van der Waals surface area contributed by atoms with Crippen molar-refractivity contribution in [2.45, 2.75) is 70.8 Å². The molecule has 2 aliphatic rings. The fourth-order valence-corrected chi connectivity index (χ4v) is 2.29. The predicted octanol–water partition coefficient (Wildman–Crippen LogP) is 2.56. The molecule has 4 nitrogen and oxygen atoms in total. The van der Waals surface area contributed by atoms with Gasteiger partial charge >= 0.3 is 6.09 Å². The van der Waals surface area contributed by atoms with Crippen molar-refractivity contribution in [1.29, 1.82) is 0 Å². The van der Waals surface area contributed by atoms with E-state index in [1.165, 1.54) is 0 Å². The quantitative estimate of drug-likeness (QED) is 0.662. The lowest BCUT2D eigenvalue weighted by Crippen LogP contribution is -2.31. The van der Waals surface area contributed by atoms with E-state index in [-0.39, 0.29) is 23.8 Å². The summed E-state index contributed by atoms with van der Waals surface area (Å²) >= 11 is 0. The van der Waals surface area contributed by atoms with Crippen LogP contribution in [-0.4, -0.2) is 40.9 Å². The van der Waals surface area contributed by atoms with Crippen LogP contribution in [0.3, 0.4) is 0 Å². The molecule has 1 amide bonds. The maximum Gasteiger partial charge on any atom is 0.410 e. The van der Waals surface area contributed by atoms with Crippen LogP contribution < -0.4 is 0 Å². The maximum atomic E-state index is 11.8. The summed E-state index contributed by atoms with van der Waals surface area (Å²) in [6.45, 7) is 10.6. The van der Waals surface area contributed by atoms with Gasteiger partial charge in [-0.05, 0) is 47.5 Å². The summed E-state index contributed by atoms with van der Waals surface area (Å²) in [6.07, 6.45) is 2.08. The zero-order valence-corrected chi connectivity index (χ0v) is 11.4. The van der Waals surface area contributed by atoms with Crippen molar-refractivity contribution in [3.8, 4) is 0 Å². The Hall–Kier alpha value is -0.770. The van der Waals surface area contributed by atoms with Gasteiger partial charge in [0.1, 0.15) is 5.60 Å². The van der Waals surface area contributed by atoms with Crippen molar-refractivity contribution in [3.63, 3.8) is 0 Å². The molecule has 2 saturated heterocycles. The molecule has 0 bridgehead atoms. The lowest BCUT2D eigenvalue weighted by Gasteiger charge is -2.21. The van der Waals surface area contributed by atoms with E-state index in [4.69, 9.17) is 9.47 Å². The fourth-order valence-electron chi connectivity index (χ4n) is 2.29. The Kier molecular flexibility index (Phi) is 2.89. The molecule has 4 heteroatoms. The number of carbonyl (C=O) groups is 1. The van der Waals surface area contributed by atoms with Crippen LogP contribution in [0.25, 0.3) is 0 Å². The molecule has 0 N–H and O–H groups in total. The van der Waals surface area contributed by atoms with E-state index in [1.54, 1.807) is 4.90 Å². The molecule has 2 fully saturated rings. The monoisotopic (exact) mass is 241 g/mol. The van der Waals surface area contributed by atoms with Crippen LogP contribution >= 0.6 is 0 Å². The van der Waals surface area contributed by atoms with Gasteiger partial charge in [0.15, 0.2) is 0 Å². The van der Waals surface area contributed by atoms with Crippen LogP contribution in [-0.2, 0) is 9.47 Å². The molecule has 0 aromatic carbocycles. The van der Waals surface area contributed by atoms with E-state index in [0.29, 0.717) is 0 Å². The van der Waals surface area contributed by atoms with Crippen molar-refractivity contribution in [1.82, 2.24) is 4.90 Å². The molecule has 0 aromatic heterocycles. The zero-order valence-electron chi connectivity index (χ0n) is 11.4. The number of ether oxygens (including phenoxy) is 2. The average molecular weight is 241 g/mol. The minimum absolute atomic E-state index is 0.0349. The summed E-state index contributed by atoms with van der Waals surface area (Å²) in [5.74, 6) is 0. The Morgan fingerprint density at radius 2 is 2.06 bits per heavy atom. The van der Waals surface area contributed by atoms with Crippen molar-refractivity contribution in [2.24, 2.45) is 0 Å². The third-order valence-corrected chi connectivity index (χ3v) is 3.21. The lowest BCUT2D eigenvalue weighted by molar-refractivity contribution is -0.0224. The largest absolute Gasteiger partial charge is 0.444 e. The smallest absolute Gasteiger partial charge is 0.410 e. The Morgan fingerprint density at radius 1 is 1.41 bits per heavy atom. The molecule has 0 saturated carbocycles. The van der Waals surface area contributed by atoms with E-state index >= 15 is 0 Å². The third-order valence-electron chi connectivity index (χ3n) is 3.21. The van der Waals surface area contributed by atoms with Crippen LogP contribution in [0, 0.1) is 0 Å². The first-order valence-electron chi connectivity index (χ1n) is 6.35. The van der Waals surface area contributed by atoms with Gasteiger partial charge in [0.2, 0.25) is 0 Å². The van der Waals surface area contributed by atoms with Crippen LogP contribution in [0.2, 0.25) is 0 Å². The Morgan fingerprint density at radius 3 is 2.53 bits per heavy atom. The van der Waals surface area contributed by atoms with E-state index in [9.17, 15) is 4.79 Å². The van der Waals surface area contributed by atoms with Crippen LogP contribution in [0.4, 0.5) is 4.79 Å². The molecule has 2 heterocycles. The SMILES string of the molecule is CC(C)(C)OC(=O)N1C[C@H]1[C@H]1CCC(C)(C)O1. The van der Waals surface area contributed by atoms with Gasteiger partial charge in [-0.2, -0.15) is 0 Å². The Bertz CT molecular complexity index is 319. The fraction of sp³-hybridized carbons (Fsp3) is 0.923. The van der Waals surface area contributed by atoms with E-state index in [2.05, 4.69) is 13.8 Å². The van der Waals surface area contributed by atoms with Gasteiger partial charge in [-0.3, -0.25) is 4.90 Å². The van der Waals surface area contributed by atoms with Crippen molar-refractivity contribution >= 4 is 6.09 Å². The first kappa shape index (κ1) is 12.7. The van der Waals surface area contributed by atoms with Gasteiger partial charge in [-0.25, -0.2) is 4.79 Å². The number of nitrogens with zero attached hydrogens (tertiary/aromatic N) is 1. The van der Waals surface area contributed by atoms with Gasteiger partial charge in [-0.1, -0.05) is 0 Å². The molecule has 0 aromatic rings. The number of rotatable bonds is 1. The molecule has 17 heavy (non-hydrogen) atoms. The summed E-state index contributed by atoms with van der Waals surface area (Å²) in [5, 5.41) is 0. The molecule has 2 rings (SSSR count). The zero-order chi connectivity index (χ0) is 12.8. The summed E-state index contributed by atoms with van der Waals surface area (Å²) < 4.78 is 11.3. The molecule has 0 radical (unpaired) electrons. The van der Waals surface area contributed by atoms with E-state index < -0.39 is 5.60 Å². The second-order valence-electron chi connectivity index (χ2n) is 6.65. The molecule has 0 spiro atoms. The van der Waals surface area contributed by atoms with Gasteiger partial charge in [0.25, 0.3) is 0 Å². The molecule has 0 unspecified atom stereocenters. The predicted molar refractivity (Wildman–Crippen MR) is 64.9 cm³/mol. The topological polar surface area (TPSA) is 38.5 Å². The van der Waals surface area contributed by atoms with E-state index in [0.717, 1.165) is 19.4 Å². The molecule has 2 aliphatic heterocycles. The summed E-state index contributed by atoms with van der Waals surface area (Å²) in [5.41, 5.74) is -0.452. The standard InChI is InChI=1S/C13H23NO3/c1-12(2,3)17-11(15)14-8-9(14)10-6-7-13(4,5)16-10/h9-10H,6-8H2,1-5H3/t9-,10+,14?/m0/s1. The highest BCUT2D eigenvalue weighted by Crippen LogP contribution is 2.37. The van der Waals surface area contributed by atoms with Crippen LogP contribution in [0.5, 0.6) is 0 Å². The minimum Gasteiger partial charge on any atom is -0.444 e. The van der Waals surface area contributed by atoms with Crippen LogP contribution in [0.15, 0.2) is 0 Å². The summed E-state index contributed by atoms with van der Waals surface area (Å²) in [4.78, 5) is 13.6. The molecule has 98 valence electrons. The maximum absolute atomic E-state index is 11.8. The Balaban J connectivity index is 1.83. The summed E-state index contributed by atoms with van der Waals surface area (Å²) in [6, 6.07) is 0.228. The van der Waals surface area contributed by atoms with Gasteiger partial charge in [0.05, 0.1) is 17.7 Å². The lowest BCUT2D eigenvalue weighted by atomic mass is 10.0. The summed E-state index contributed by atoms with van der Waals surface area (Å²) in [7, 11) is 0. The highest BCUT2D eigenvalue weighted by atomic mass is 16.6. The van der Waals surface area contributed by atoms with E-state index in [1.807, 2.05) is 20.8 Å². The highest BCUT2D eigenvalue weighted by Gasteiger charge is 2.50. The number of carbonyl (C=O) groups excluding carboxylic acids is 1. The van der Waals surface area contributed by atoms with Gasteiger partial charge in [0, 0.05) is 6.54 Å². The van der Waals surface area contributed by atoms with Crippen molar-refractivity contribution in [3.05, 3.63) is 0 Å². The van der Waals surface area contributed by atoms with Crippen LogP contribution in [0.1, 0.15) is 47.5 Å². The molecule has 0 aliphatic carbocycles. The molecular weight excluding hydrogens is 218 g/mol. The molecular formula is C13H23NO3. The molecule has 2 atom stereocenters. The minimum atomic E-state index is -0.417. The second-order valence-corrected chi connectivity index (χ2v) is 6.65. The first-order chi connectivity index (χ1) is 7.68. The number of hydrogen-bond donors (Lipinski definition) is 0. The van der Waals surface area contributed by atoms with Crippen molar-refractivity contribution < 1.29 is 14.3 Å². The number of hydrogen-bond acceptors (Lipinski definition) is 3. The van der Waals surface area contributed by atoms with Gasteiger partial charge in [-0.15, -0.1) is 0 Å². The second kappa shape index (κ2) is 3.87. The number of amides is 1. The average Bonchev–Trinajstić information content (AvgIpc) is 2.83. The Labute approximate surface area is 103 Å². The normalized spacial score (nSPS) is 31.5.